The molecule has 1 rings (SSSR count). The lowest BCUT2D eigenvalue weighted by atomic mass is 10.3. The molecule has 1 unspecified atom stereocenters. The highest BCUT2D eigenvalue weighted by atomic mass is 15.2. The SMILES string of the molecule is CC(C)Nc1nccn1C(C)CN(C)C. The molecule has 0 aliphatic heterocycles. The Bertz CT molecular complexity index is 291. The predicted molar refractivity (Wildman–Crippen MR) is 64.3 cm³/mol. The molecule has 4 nitrogen and oxygen atoms in total. The van der Waals surface area contributed by atoms with Gasteiger partial charge in [0.1, 0.15) is 0 Å². The zero-order chi connectivity index (χ0) is 11.4. The Morgan fingerprint density at radius 1 is 1.40 bits per heavy atom. The summed E-state index contributed by atoms with van der Waals surface area (Å²) in [6.07, 6.45) is 3.87. The van der Waals surface area contributed by atoms with Crippen LogP contribution in [0.5, 0.6) is 0 Å². The second-order valence-electron chi connectivity index (χ2n) is 4.57. The molecule has 0 radical (unpaired) electrons. The van der Waals surface area contributed by atoms with E-state index in [1.54, 1.807) is 0 Å². The van der Waals surface area contributed by atoms with Crippen LogP contribution in [0.15, 0.2) is 12.4 Å². The topological polar surface area (TPSA) is 33.1 Å². The van der Waals surface area contributed by atoms with E-state index in [-0.39, 0.29) is 0 Å². The quantitative estimate of drug-likeness (QED) is 0.805. The molecule has 0 aromatic carbocycles. The van der Waals surface area contributed by atoms with Crippen LogP contribution >= 0.6 is 0 Å². The number of nitrogens with one attached hydrogen (secondary N) is 1. The van der Waals surface area contributed by atoms with Crippen LogP contribution in [0.1, 0.15) is 26.8 Å². The Hall–Kier alpha value is -1.03. The monoisotopic (exact) mass is 210 g/mol. The molecule has 86 valence electrons. The van der Waals surface area contributed by atoms with Crippen molar-refractivity contribution in [3.63, 3.8) is 0 Å². The van der Waals surface area contributed by atoms with Crippen LogP contribution in [-0.2, 0) is 0 Å². The summed E-state index contributed by atoms with van der Waals surface area (Å²) in [5.74, 6) is 0.958. The van der Waals surface area contributed by atoms with Gasteiger partial charge in [0, 0.05) is 31.0 Å². The summed E-state index contributed by atoms with van der Waals surface area (Å²) < 4.78 is 2.18. The summed E-state index contributed by atoms with van der Waals surface area (Å²) in [6.45, 7) is 7.46. The maximum absolute atomic E-state index is 4.32. The number of hydrogen-bond acceptors (Lipinski definition) is 3. The van der Waals surface area contributed by atoms with E-state index in [1.807, 2.05) is 12.4 Å². The molecular weight excluding hydrogens is 188 g/mol. The van der Waals surface area contributed by atoms with Crippen LogP contribution in [0, 0.1) is 0 Å². The second kappa shape index (κ2) is 5.16. The van der Waals surface area contributed by atoms with Gasteiger partial charge in [0.25, 0.3) is 0 Å². The van der Waals surface area contributed by atoms with Gasteiger partial charge in [-0.05, 0) is 34.9 Å². The molecule has 0 aliphatic rings. The Balaban J connectivity index is 2.71. The van der Waals surface area contributed by atoms with E-state index in [0.29, 0.717) is 12.1 Å². The minimum atomic E-state index is 0.415. The smallest absolute Gasteiger partial charge is 0.203 e. The van der Waals surface area contributed by atoms with Gasteiger partial charge in [0.15, 0.2) is 0 Å². The van der Waals surface area contributed by atoms with E-state index in [9.17, 15) is 0 Å². The van der Waals surface area contributed by atoms with Crippen LogP contribution in [0.2, 0.25) is 0 Å². The highest BCUT2D eigenvalue weighted by Crippen LogP contribution is 2.14. The van der Waals surface area contributed by atoms with Crippen molar-refractivity contribution in [2.24, 2.45) is 0 Å². The molecule has 1 atom stereocenters. The van der Waals surface area contributed by atoms with Gasteiger partial charge in [0.05, 0.1) is 0 Å². The summed E-state index contributed by atoms with van der Waals surface area (Å²) in [5, 5.41) is 3.34. The van der Waals surface area contributed by atoms with Crippen molar-refractivity contribution in [2.75, 3.05) is 26.0 Å². The third kappa shape index (κ3) is 3.55. The molecule has 0 fully saturated rings. The van der Waals surface area contributed by atoms with Crippen molar-refractivity contribution in [2.45, 2.75) is 32.9 Å². The van der Waals surface area contributed by atoms with Crippen molar-refractivity contribution in [3.05, 3.63) is 12.4 Å². The van der Waals surface area contributed by atoms with Crippen LogP contribution in [-0.4, -0.2) is 41.1 Å². The normalized spacial score (nSPS) is 13.5. The Morgan fingerprint density at radius 3 is 2.60 bits per heavy atom. The molecule has 1 aromatic heterocycles. The van der Waals surface area contributed by atoms with E-state index < -0.39 is 0 Å². The fourth-order valence-electron chi connectivity index (χ4n) is 1.66. The van der Waals surface area contributed by atoms with Crippen LogP contribution in [0.3, 0.4) is 0 Å². The molecule has 15 heavy (non-hydrogen) atoms. The molecule has 0 bridgehead atoms. The average molecular weight is 210 g/mol. The van der Waals surface area contributed by atoms with Crippen LogP contribution < -0.4 is 5.32 Å². The first-order chi connectivity index (χ1) is 7.00. The van der Waals surface area contributed by atoms with Crippen LogP contribution in [0.25, 0.3) is 0 Å². The zero-order valence-corrected chi connectivity index (χ0v) is 10.4. The molecular formula is C11H22N4. The lowest BCUT2D eigenvalue weighted by Crippen LogP contribution is -2.24. The van der Waals surface area contributed by atoms with E-state index >= 15 is 0 Å². The van der Waals surface area contributed by atoms with Gasteiger partial charge in [-0.3, -0.25) is 0 Å². The van der Waals surface area contributed by atoms with Gasteiger partial charge in [-0.15, -0.1) is 0 Å². The van der Waals surface area contributed by atoms with E-state index in [0.717, 1.165) is 12.5 Å². The lowest BCUT2D eigenvalue weighted by Gasteiger charge is -2.21. The summed E-state index contributed by atoms with van der Waals surface area (Å²) in [4.78, 5) is 6.50. The minimum Gasteiger partial charge on any atom is -0.353 e. The van der Waals surface area contributed by atoms with Gasteiger partial charge in [-0.1, -0.05) is 0 Å². The van der Waals surface area contributed by atoms with Gasteiger partial charge >= 0.3 is 0 Å². The number of anilines is 1. The lowest BCUT2D eigenvalue weighted by molar-refractivity contribution is 0.338. The summed E-state index contributed by atoms with van der Waals surface area (Å²) in [5.41, 5.74) is 0. The predicted octanol–water partition coefficient (Wildman–Crippen LogP) is 1.83. The summed E-state index contributed by atoms with van der Waals surface area (Å²) in [7, 11) is 4.17. The maximum Gasteiger partial charge on any atom is 0.203 e. The van der Waals surface area contributed by atoms with Gasteiger partial charge in [-0.25, -0.2) is 4.98 Å². The maximum atomic E-state index is 4.32. The molecule has 1 N–H and O–H groups in total. The largest absolute Gasteiger partial charge is 0.353 e. The van der Waals surface area contributed by atoms with Gasteiger partial charge < -0.3 is 14.8 Å². The van der Waals surface area contributed by atoms with Crippen molar-refractivity contribution in [1.82, 2.24) is 14.5 Å². The van der Waals surface area contributed by atoms with Crippen LogP contribution in [0.4, 0.5) is 5.95 Å². The van der Waals surface area contributed by atoms with Crippen molar-refractivity contribution in [1.29, 1.82) is 0 Å². The number of likely N-dealkylation sites (N-methyl/N-ethyl adjacent to an activating group) is 1. The van der Waals surface area contributed by atoms with E-state index in [4.69, 9.17) is 0 Å². The Labute approximate surface area is 92.3 Å². The third-order valence-electron chi connectivity index (χ3n) is 2.19. The van der Waals surface area contributed by atoms with E-state index in [1.165, 1.54) is 0 Å². The minimum absolute atomic E-state index is 0.415. The fourth-order valence-corrected chi connectivity index (χ4v) is 1.66. The standard InChI is InChI=1S/C11H22N4/c1-9(2)13-11-12-6-7-15(11)10(3)8-14(4)5/h6-7,9-10H,8H2,1-5H3,(H,12,13). The van der Waals surface area contributed by atoms with Gasteiger partial charge in [-0.2, -0.15) is 0 Å². The number of nitrogens with zero attached hydrogens (tertiary/aromatic N) is 3. The highest BCUT2D eigenvalue weighted by molar-refractivity contribution is 5.27. The Morgan fingerprint density at radius 2 is 2.07 bits per heavy atom. The van der Waals surface area contributed by atoms with E-state index in [2.05, 4.69) is 54.6 Å². The first-order valence-electron chi connectivity index (χ1n) is 5.44. The molecule has 0 saturated carbocycles. The van der Waals surface area contributed by atoms with Crippen molar-refractivity contribution >= 4 is 5.95 Å². The summed E-state index contributed by atoms with van der Waals surface area (Å²) in [6, 6.07) is 0.849. The molecule has 0 saturated heterocycles. The molecule has 0 aliphatic carbocycles. The number of rotatable bonds is 5. The molecule has 1 aromatic rings. The van der Waals surface area contributed by atoms with Gasteiger partial charge in [0.2, 0.25) is 5.95 Å². The number of imidazole rings is 1. The average Bonchev–Trinajstić information content (AvgIpc) is 2.49. The number of aromatic nitrogens is 2. The molecule has 0 amide bonds. The summed E-state index contributed by atoms with van der Waals surface area (Å²) >= 11 is 0. The number of hydrogen-bond donors (Lipinski definition) is 1. The Kier molecular flexibility index (Phi) is 4.15. The highest BCUT2D eigenvalue weighted by Gasteiger charge is 2.10. The molecule has 0 spiro atoms. The molecule has 4 heteroatoms. The van der Waals surface area contributed by atoms with Crippen molar-refractivity contribution < 1.29 is 0 Å². The third-order valence-corrected chi connectivity index (χ3v) is 2.19. The second-order valence-corrected chi connectivity index (χ2v) is 4.57. The first-order valence-corrected chi connectivity index (χ1v) is 5.44. The molecule has 1 heterocycles. The fraction of sp³-hybridized carbons (Fsp3) is 0.727. The first kappa shape index (κ1) is 12.0. The zero-order valence-electron chi connectivity index (χ0n) is 10.4. The van der Waals surface area contributed by atoms with Crippen molar-refractivity contribution in [3.8, 4) is 0 Å².